The van der Waals surface area contributed by atoms with E-state index in [4.69, 9.17) is 4.74 Å². The van der Waals surface area contributed by atoms with Gasteiger partial charge in [0, 0.05) is 7.05 Å². The van der Waals surface area contributed by atoms with E-state index in [0.29, 0.717) is 6.07 Å². The van der Waals surface area contributed by atoms with Crippen LogP contribution in [0.3, 0.4) is 0 Å². The van der Waals surface area contributed by atoms with Gasteiger partial charge in [-0.15, -0.1) is 0 Å². The van der Waals surface area contributed by atoms with Crippen LogP contribution in [0.1, 0.15) is 37.0 Å². The lowest BCUT2D eigenvalue weighted by molar-refractivity contribution is -0.189. The number of ether oxygens (including phenoxy) is 2. The molecule has 0 aliphatic rings. The van der Waals surface area contributed by atoms with Crippen LogP contribution in [0.2, 0.25) is 0 Å². The van der Waals surface area contributed by atoms with Crippen LogP contribution in [-0.4, -0.2) is 45.2 Å². The highest BCUT2D eigenvalue weighted by molar-refractivity contribution is 5.93. The zero-order valence-corrected chi connectivity index (χ0v) is 15.8. The van der Waals surface area contributed by atoms with E-state index in [1.807, 2.05) is 0 Å². The molecule has 0 fully saturated rings. The lowest BCUT2D eigenvalue weighted by atomic mass is 10.1. The summed E-state index contributed by atoms with van der Waals surface area (Å²) in [6, 6.07) is 1.59. The number of benzene rings is 1. The highest BCUT2D eigenvalue weighted by Crippen LogP contribution is 2.33. The highest BCUT2D eigenvalue weighted by Gasteiger charge is 2.39. The van der Waals surface area contributed by atoms with E-state index in [2.05, 4.69) is 14.8 Å². The summed E-state index contributed by atoms with van der Waals surface area (Å²) in [5.74, 6) is -2.67. The number of esters is 1. The third kappa shape index (κ3) is 4.41. The normalized spacial score (nSPS) is 13.4. The van der Waals surface area contributed by atoms with Gasteiger partial charge in [0.25, 0.3) is 0 Å². The lowest BCUT2D eigenvalue weighted by Crippen LogP contribution is -2.31. The first-order valence-corrected chi connectivity index (χ1v) is 8.05. The number of carbonyl (C=O) groups excluding carboxylic acids is 1. The molecule has 1 aromatic carbocycles. The molecule has 1 heterocycles. The number of carbonyl (C=O) groups is 1. The summed E-state index contributed by atoms with van der Waals surface area (Å²) in [6.07, 6.45) is -6.97. The molecule has 154 valence electrons. The molecule has 1 N–H and O–H groups in total. The summed E-state index contributed by atoms with van der Waals surface area (Å²) in [7, 11) is 2.47. The average molecular weight is 405 g/mol. The maximum Gasteiger partial charge on any atom is 0.425 e. The van der Waals surface area contributed by atoms with Gasteiger partial charge in [0.1, 0.15) is 22.7 Å². The molecule has 0 saturated heterocycles. The SMILES string of the molecule is COC(=O)c1cc(F)c(-c2nc(C(C)(C)O)n(C)n2)cc1O[C@@H](C)C(F)(F)F. The second-order valence-electron chi connectivity index (χ2n) is 6.56. The smallest absolute Gasteiger partial charge is 0.425 e. The first-order valence-electron chi connectivity index (χ1n) is 8.05. The second kappa shape index (κ2) is 7.38. The Morgan fingerprint density at radius 1 is 1.29 bits per heavy atom. The number of nitrogens with zero attached hydrogens (tertiary/aromatic N) is 3. The summed E-state index contributed by atoms with van der Waals surface area (Å²) in [5, 5.41) is 14.1. The molecule has 0 amide bonds. The number of alkyl halides is 3. The van der Waals surface area contributed by atoms with Crippen molar-refractivity contribution in [3.05, 3.63) is 29.3 Å². The number of hydrogen-bond acceptors (Lipinski definition) is 6. The average Bonchev–Trinajstić information content (AvgIpc) is 2.96. The third-order valence-corrected chi connectivity index (χ3v) is 3.79. The topological polar surface area (TPSA) is 86.5 Å². The fraction of sp³-hybridized carbons (Fsp3) is 0.471. The molecule has 1 aromatic heterocycles. The monoisotopic (exact) mass is 405 g/mol. The van der Waals surface area contributed by atoms with E-state index in [1.165, 1.54) is 25.6 Å². The Hall–Kier alpha value is -2.69. The standard InChI is InChI=1S/C17H19F4N3O4/c1-8(17(19,20)21)28-12-7-9(11(18)6-10(12)14(25)27-5)13-22-15(16(2,3)26)24(4)23-13/h6-8,26H,1-5H3/t8-/m0/s1. The quantitative estimate of drug-likeness (QED) is 0.608. The number of aromatic nitrogens is 3. The number of rotatable bonds is 5. The van der Waals surface area contributed by atoms with Gasteiger partial charge in [-0.2, -0.15) is 18.3 Å². The molecule has 1 atom stereocenters. The Labute approximate surface area is 157 Å². The van der Waals surface area contributed by atoms with Crippen LogP contribution in [0.5, 0.6) is 5.75 Å². The van der Waals surface area contributed by atoms with Gasteiger partial charge in [-0.05, 0) is 32.9 Å². The van der Waals surface area contributed by atoms with Crippen LogP contribution in [0.4, 0.5) is 17.6 Å². The summed E-state index contributed by atoms with van der Waals surface area (Å²) >= 11 is 0. The van der Waals surface area contributed by atoms with Crippen molar-refractivity contribution >= 4 is 5.97 Å². The van der Waals surface area contributed by atoms with Crippen molar-refractivity contribution in [2.45, 2.75) is 38.7 Å². The zero-order valence-electron chi connectivity index (χ0n) is 15.8. The minimum atomic E-state index is -4.71. The maximum absolute atomic E-state index is 14.6. The first-order chi connectivity index (χ1) is 12.8. The van der Waals surface area contributed by atoms with E-state index in [-0.39, 0.29) is 17.2 Å². The summed E-state index contributed by atoms with van der Waals surface area (Å²) < 4.78 is 63.7. The number of aryl methyl sites for hydroxylation is 1. The van der Waals surface area contributed by atoms with Crippen LogP contribution < -0.4 is 4.74 Å². The van der Waals surface area contributed by atoms with Crippen molar-refractivity contribution in [3.8, 4) is 17.1 Å². The van der Waals surface area contributed by atoms with Gasteiger partial charge >= 0.3 is 12.1 Å². The third-order valence-electron chi connectivity index (χ3n) is 3.79. The molecule has 2 aromatic rings. The summed E-state index contributed by atoms with van der Waals surface area (Å²) in [6.45, 7) is 3.63. The molecule has 0 radical (unpaired) electrons. The molecule has 2 rings (SSSR count). The van der Waals surface area contributed by atoms with Crippen molar-refractivity contribution < 1.29 is 36.9 Å². The van der Waals surface area contributed by atoms with E-state index >= 15 is 0 Å². The maximum atomic E-state index is 14.6. The molecule has 0 spiro atoms. The van der Waals surface area contributed by atoms with Crippen LogP contribution in [0, 0.1) is 5.82 Å². The van der Waals surface area contributed by atoms with Crippen LogP contribution in [0.15, 0.2) is 12.1 Å². The van der Waals surface area contributed by atoms with E-state index in [9.17, 15) is 27.5 Å². The Kier molecular flexibility index (Phi) is 5.69. The molecule has 28 heavy (non-hydrogen) atoms. The van der Waals surface area contributed by atoms with E-state index < -0.39 is 41.0 Å². The summed E-state index contributed by atoms with van der Waals surface area (Å²) in [4.78, 5) is 15.9. The number of hydrogen-bond donors (Lipinski definition) is 1. The second-order valence-corrected chi connectivity index (χ2v) is 6.56. The minimum absolute atomic E-state index is 0.102. The van der Waals surface area contributed by atoms with Gasteiger partial charge in [-0.25, -0.2) is 18.9 Å². The van der Waals surface area contributed by atoms with Crippen LogP contribution in [0.25, 0.3) is 11.4 Å². The molecule has 0 saturated carbocycles. The van der Waals surface area contributed by atoms with Gasteiger partial charge < -0.3 is 14.6 Å². The largest absolute Gasteiger partial charge is 0.480 e. The predicted octanol–water partition coefficient (Wildman–Crippen LogP) is 2.96. The molecule has 11 heteroatoms. The molecular weight excluding hydrogens is 386 g/mol. The first kappa shape index (κ1) is 21.6. The van der Waals surface area contributed by atoms with Gasteiger partial charge in [0.2, 0.25) is 0 Å². The molecule has 0 aliphatic carbocycles. The Bertz CT molecular complexity index is 888. The van der Waals surface area contributed by atoms with Gasteiger partial charge in [0.15, 0.2) is 17.8 Å². The van der Waals surface area contributed by atoms with Crippen molar-refractivity contribution in [2.24, 2.45) is 7.05 Å². The van der Waals surface area contributed by atoms with Crippen LogP contribution in [-0.2, 0) is 17.4 Å². The van der Waals surface area contributed by atoms with Gasteiger partial charge in [-0.1, -0.05) is 0 Å². The molecule has 0 bridgehead atoms. The zero-order chi connectivity index (χ0) is 21.4. The van der Waals surface area contributed by atoms with Crippen molar-refractivity contribution in [2.75, 3.05) is 7.11 Å². The fourth-order valence-corrected chi connectivity index (χ4v) is 2.38. The Balaban J connectivity index is 2.61. The summed E-state index contributed by atoms with van der Waals surface area (Å²) in [5.41, 5.74) is -2.21. The lowest BCUT2D eigenvalue weighted by Gasteiger charge is -2.19. The molecule has 0 aliphatic heterocycles. The van der Waals surface area contributed by atoms with Crippen molar-refractivity contribution in [1.82, 2.24) is 14.8 Å². The van der Waals surface area contributed by atoms with E-state index in [1.54, 1.807) is 0 Å². The van der Waals surface area contributed by atoms with Crippen LogP contribution >= 0.6 is 0 Å². The fourth-order valence-electron chi connectivity index (χ4n) is 2.38. The van der Waals surface area contributed by atoms with Gasteiger partial charge in [0.05, 0.1) is 12.7 Å². The Morgan fingerprint density at radius 3 is 2.36 bits per heavy atom. The number of aliphatic hydroxyl groups is 1. The molecular formula is C17H19F4N3O4. The number of halogens is 4. The molecule has 7 nitrogen and oxygen atoms in total. The number of methoxy groups -OCH3 is 1. The molecule has 0 unspecified atom stereocenters. The Morgan fingerprint density at radius 2 is 1.89 bits per heavy atom. The van der Waals surface area contributed by atoms with Crippen molar-refractivity contribution in [3.63, 3.8) is 0 Å². The van der Waals surface area contributed by atoms with E-state index in [0.717, 1.165) is 20.1 Å². The van der Waals surface area contributed by atoms with Crippen molar-refractivity contribution in [1.29, 1.82) is 0 Å². The predicted molar refractivity (Wildman–Crippen MR) is 89.1 cm³/mol. The minimum Gasteiger partial charge on any atom is -0.480 e. The van der Waals surface area contributed by atoms with Gasteiger partial charge in [-0.3, -0.25) is 0 Å². The highest BCUT2D eigenvalue weighted by atomic mass is 19.4.